The van der Waals surface area contributed by atoms with Crippen LogP contribution in [-0.4, -0.2) is 46.8 Å². The molecule has 0 aliphatic carbocycles. The lowest BCUT2D eigenvalue weighted by Gasteiger charge is -2.26. The first-order valence-corrected chi connectivity index (χ1v) is 9.52. The summed E-state index contributed by atoms with van der Waals surface area (Å²) in [4.78, 5) is 15.0. The zero-order chi connectivity index (χ0) is 18.4. The zero-order valence-electron chi connectivity index (χ0n) is 15.4. The third-order valence-electron chi connectivity index (χ3n) is 4.90. The van der Waals surface area contributed by atoms with Crippen molar-refractivity contribution in [1.29, 1.82) is 0 Å². The van der Waals surface area contributed by atoms with Gasteiger partial charge in [-0.25, -0.2) is 9.07 Å². The Kier molecular flexibility index (Phi) is 6.39. The molecular weight excluding hydrogens is 331 g/mol. The molecule has 0 spiro atoms. The standard InChI is InChI=1S/C20H27FN4O/c1-2-19-18(15-23-25(19)17-9-7-16(21)8-10-17)20(26)22-11-6-14-24-12-4-3-5-13-24/h7-10,15H,2-6,11-14H2,1H3,(H,22,26). The van der Waals surface area contributed by atoms with E-state index in [4.69, 9.17) is 0 Å². The number of nitrogens with zero attached hydrogens (tertiary/aromatic N) is 3. The SMILES string of the molecule is CCc1c(C(=O)NCCCN2CCCCC2)cnn1-c1ccc(F)cc1. The second-order valence-electron chi connectivity index (χ2n) is 6.76. The third kappa shape index (κ3) is 4.49. The molecule has 0 saturated carbocycles. The smallest absolute Gasteiger partial charge is 0.254 e. The highest BCUT2D eigenvalue weighted by molar-refractivity contribution is 5.95. The number of benzene rings is 1. The Morgan fingerprint density at radius 3 is 2.62 bits per heavy atom. The summed E-state index contributed by atoms with van der Waals surface area (Å²) in [6.45, 7) is 6.05. The number of hydrogen-bond donors (Lipinski definition) is 1. The van der Waals surface area contributed by atoms with Crippen LogP contribution in [0.5, 0.6) is 0 Å². The van der Waals surface area contributed by atoms with E-state index in [1.165, 1.54) is 44.5 Å². The Morgan fingerprint density at radius 2 is 1.92 bits per heavy atom. The number of amides is 1. The molecule has 1 aromatic heterocycles. The van der Waals surface area contributed by atoms with E-state index in [0.29, 0.717) is 18.5 Å². The summed E-state index contributed by atoms with van der Waals surface area (Å²) in [5, 5.41) is 7.34. The normalized spacial score (nSPS) is 15.2. The van der Waals surface area contributed by atoms with Crippen molar-refractivity contribution < 1.29 is 9.18 Å². The molecule has 0 unspecified atom stereocenters. The topological polar surface area (TPSA) is 50.2 Å². The summed E-state index contributed by atoms with van der Waals surface area (Å²) in [6, 6.07) is 6.14. The molecule has 26 heavy (non-hydrogen) atoms. The molecule has 2 aromatic rings. The molecule has 1 saturated heterocycles. The second kappa shape index (κ2) is 8.94. The largest absolute Gasteiger partial charge is 0.352 e. The average molecular weight is 358 g/mol. The van der Waals surface area contributed by atoms with Crippen LogP contribution in [0.1, 0.15) is 48.7 Å². The van der Waals surface area contributed by atoms with Crippen LogP contribution in [0.25, 0.3) is 5.69 Å². The summed E-state index contributed by atoms with van der Waals surface area (Å²) in [5.74, 6) is -0.375. The van der Waals surface area contributed by atoms with Gasteiger partial charge in [0.2, 0.25) is 0 Å². The van der Waals surface area contributed by atoms with Crippen molar-refractivity contribution in [2.45, 2.75) is 39.0 Å². The molecule has 6 heteroatoms. The highest BCUT2D eigenvalue weighted by atomic mass is 19.1. The van der Waals surface area contributed by atoms with Gasteiger partial charge in [0, 0.05) is 6.54 Å². The van der Waals surface area contributed by atoms with Gasteiger partial charge >= 0.3 is 0 Å². The molecule has 5 nitrogen and oxygen atoms in total. The predicted molar refractivity (Wildman–Crippen MR) is 100 cm³/mol. The summed E-state index contributed by atoms with van der Waals surface area (Å²) < 4.78 is 14.8. The molecule has 0 radical (unpaired) electrons. The van der Waals surface area contributed by atoms with Crippen LogP contribution in [0.3, 0.4) is 0 Å². The van der Waals surface area contributed by atoms with Crippen LogP contribution in [-0.2, 0) is 6.42 Å². The maximum atomic E-state index is 13.1. The van der Waals surface area contributed by atoms with E-state index in [9.17, 15) is 9.18 Å². The van der Waals surface area contributed by atoms with E-state index in [1.807, 2.05) is 6.92 Å². The first kappa shape index (κ1) is 18.6. The molecule has 1 aromatic carbocycles. The fourth-order valence-corrected chi connectivity index (χ4v) is 3.49. The molecular formula is C20H27FN4O. The van der Waals surface area contributed by atoms with Crippen molar-refractivity contribution >= 4 is 5.91 Å². The average Bonchev–Trinajstić information content (AvgIpc) is 3.10. The molecule has 2 heterocycles. The van der Waals surface area contributed by atoms with Crippen molar-refractivity contribution in [2.24, 2.45) is 0 Å². The number of piperidine rings is 1. The van der Waals surface area contributed by atoms with E-state index < -0.39 is 0 Å². The van der Waals surface area contributed by atoms with Gasteiger partial charge in [0.25, 0.3) is 5.91 Å². The van der Waals surface area contributed by atoms with Crippen molar-refractivity contribution in [1.82, 2.24) is 20.0 Å². The first-order valence-electron chi connectivity index (χ1n) is 9.52. The summed E-state index contributed by atoms with van der Waals surface area (Å²) in [5.41, 5.74) is 2.19. The van der Waals surface area contributed by atoms with Crippen LogP contribution in [0, 0.1) is 5.82 Å². The van der Waals surface area contributed by atoms with Gasteiger partial charge in [0.1, 0.15) is 5.82 Å². The molecule has 3 rings (SSSR count). The Labute approximate surface area is 154 Å². The molecule has 1 aliphatic heterocycles. The molecule has 1 aliphatic rings. The molecule has 0 bridgehead atoms. The molecule has 140 valence electrons. The summed E-state index contributed by atoms with van der Waals surface area (Å²) >= 11 is 0. The van der Waals surface area contributed by atoms with E-state index in [2.05, 4.69) is 15.3 Å². The maximum absolute atomic E-state index is 13.1. The third-order valence-corrected chi connectivity index (χ3v) is 4.90. The van der Waals surface area contributed by atoms with E-state index >= 15 is 0 Å². The van der Waals surface area contributed by atoms with Crippen molar-refractivity contribution in [3.05, 3.63) is 47.5 Å². The fraction of sp³-hybridized carbons (Fsp3) is 0.500. The number of carbonyl (C=O) groups excluding carboxylic acids is 1. The van der Waals surface area contributed by atoms with Gasteiger partial charge in [0.05, 0.1) is 23.1 Å². The Hall–Kier alpha value is -2.21. The lowest BCUT2D eigenvalue weighted by molar-refractivity contribution is 0.0950. The van der Waals surface area contributed by atoms with Crippen LogP contribution < -0.4 is 5.32 Å². The van der Waals surface area contributed by atoms with E-state index in [1.54, 1.807) is 23.0 Å². The van der Waals surface area contributed by atoms with Crippen molar-refractivity contribution in [2.75, 3.05) is 26.2 Å². The highest BCUT2D eigenvalue weighted by Crippen LogP contribution is 2.16. The zero-order valence-corrected chi connectivity index (χ0v) is 15.4. The number of hydrogen-bond acceptors (Lipinski definition) is 3. The van der Waals surface area contributed by atoms with Gasteiger partial charge < -0.3 is 10.2 Å². The van der Waals surface area contributed by atoms with Crippen molar-refractivity contribution in [3.8, 4) is 5.69 Å². The number of likely N-dealkylation sites (tertiary alicyclic amines) is 1. The first-order chi connectivity index (χ1) is 12.7. The van der Waals surface area contributed by atoms with E-state index in [-0.39, 0.29) is 11.7 Å². The molecule has 1 amide bonds. The van der Waals surface area contributed by atoms with Crippen LogP contribution in [0.4, 0.5) is 4.39 Å². The summed E-state index contributed by atoms with van der Waals surface area (Å²) in [7, 11) is 0. The molecule has 1 fully saturated rings. The number of aromatic nitrogens is 2. The van der Waals surface area contributed by atoms with Gasteiger partial charge in [-0.3, -0.25) is 4.79 Å². The molecule has 0 atom stereocenters. The Bertz CT molecular complexity index is 720. The number of rotatable bonds is 7. The van der Waals surface area contributed by atoms with Crippen LogP contribution in [0.15, 0.2) is 30.5 Å². The van der Waals surface area contributed by atoms with Gasteiger partial charge in [-0.15, -0.1) is 0 Å². The number of halogens is 1. The number of carbonyl (C=O) groups is 1. The summed E-state index contributed by atoms with van der Waals surface area (Å²) in [6.07, 6.45) is 7.14. The van der Waals surface area contributed by atoms with Crippen LogP contribution in [0.2, 0.25) is 0 Å². The van der Waals surface area contributed by atoms with Crippen LogP contribution >= 0.6 is 0 Å². The lowest BCUT2D eigenvalue weighted by atomic mass is 10.1. The van der Waals surface area contributed by atoms with Gasteiger partial charge in [-0.2, -0.15) is 5.10 Å². The minimum absolute atomic E-state index is 0.0890. The fourth-order valence-electron chi connectivity index (χ4n) is 3.49. The minimum Gasteiger partial charge on any atom is -0.352 e. The number of nitrogens with one attached hydrogen (secondary N) is 1. The van der Waals surface area contributed by atoms with Crippen molar-refractivity contribution in [3.63, 3.8) is 0 Å². The Morgan fingerprint density at radius 1 is 1.19 bits per heavy atom. The quantitative estimate of drug-likeness (QED) is 0.774. The van der Waals surface area contributed by atoms with Gasteiger partial charge in [0.15, 0.2) is 0 Å². The highest BCUT2D eigenvalue weighted by Gasteiger charge is 2.17. The van der Waals surface area contributed by atoms with Gasteiger partial charge in [-0.05, 0) is 69.6 Å². The second-order valence-corrected chi connectivity index (χ2v) is 6.76. The maximum Gasteiger partial charge on any atom is 0.254 e. The van der Waals surface area contributed by atoms with Gasteiger partial charge in [-0.1, -0.05) is 13.3 Å². The predicted octanol–water partition coefficient (Wildman–Crippen LogP) is 3.18. The molecule has 1 N–H and O–H groups in total. The Balaban J connectivity index is 1.57. The van der Waals surface area contributed by atoms with E-state index in [0.717, 1.165) is 24.3 Å². The monoisotopic (exact) mass is 358 g/mol. The lowest BCUT2D eigenvalue weighted by Crippen LogP contribution is -2.33. The minimum atomic E-state index is -0.286.